The first-order chi connectivity index (χ1) is 14.3. The second kappa shape index (κ2) is 8.09. The molecule has 1 aliphatic heterocycles. The van der Waals surface area contributed by atoms with Crippen LogP contribution in [0.25, 0.3) is 10.2 Å². The molecule has 1 saturated heterocycles. The van der Waals surface area contributed by atoms with Crippen molar-refractivity contribution in [3.63, 3.8) is 0 Å². The zero-order valence-corrected chi connectivity index (χ0v) is 19.0. The lowest BCUT2D eigenvalue weighted by atomic mass is 10.1. The lowest BCUT2D eigenvalue weighted by molar-refractivity contribution is -0.121. The smallest absolute Gasteiger partial charge is 0.266 e. The second-order valence-corrected chi connectivity index (χ2v) is 10.5. The number of carbonyl (C=O) groups is 1. The molecule has 1 fully saturated rings. The van der Waals surface area contributed by atoms with Crippen molar-refractivity contribution in [2.45, 2.75) is 44.0 Å². The van der Waals surface area contributed by atoms with E-state index < -0.39 is 22.0 Å². The summed E-state index contributed by atoms with van der Waals surface area (Å²) in [5.74, 6) is -0.400. The van der Waals surface area contributed by atoms with E-state index in [4.69, 9.17) is 0 Å². The van der Waals surface area contributed by atoms with Crippen molar-refractivity contribution in [2.24, 2.45) is 12.0 Å². The van der Waals surface area contributed by atoms with E-state index in [-0.39, 0.29) is 4.90 Å². The molecule has 1 atom stereocenters. The van der Waals surface area contributed by atoms with Crippen LogP contribution in [0.3, 0.4) is 0 Å². The standard InChI is InChI=1S/C22H25N3O3S2/c1-4-16-7-5-9-19-20(16)24(3)22(29-19)23-21(26)18-8-6-14-25(18)30(27,28)17-12-10-15(2)11-13-17/h5,7,9-13,18H,4,6,8,14H2,1-3H3. The average Bonchev–Trinajstić information content (AvgIpc) is 3.34. The molecule has 1 amide bonds. The maximum Gasteiger partial charge on any atom is 0.266 e. The number of amides is 1. The summed E-state index contributed by atoms with van der Waals surface area (Å²) < 4.78 is 30.6. The molecule has 0 bridgehead atoms. The third-order valence-electron chi connectivity index (χ3n) is 5.61. The van der Waals surface area contributed by atoms with E-state index in [2.05, 4.69) is 18.0 Å². The predicted molar refractivity (Wildman–Crippen MR) is 119 cm³/mol. The van der Waals surface area contributed by atoms with Gasteiger partial charge in [-0.15, -0.1) is 0 Å². The molecule has 0 saturated carbocycles. The van der Waals surface area contributed by atoms with Gasteiger partial charge in [-0.3, -0.25) is 4.79 Å². The molecule has 1 aliphatic rings. The number of benzene rings is 2. The van der Waals surface area contributed by atoms with Crippen LogP contribution in [0.1, 0.15) is 30.9 Å². The fourth-order valence-electron chi connectivity index (χ4n) is 3.97. The number of carbonyl (C=O) groups excluding carboxylic acids is 1. The minimum atomic E-state index is -3.74. The first-order valence-electron chi connectivity index (χ1n) is 10.1. The quantitative estimate of drug-likeness (QED) is 0.621. The Morgan fingerprint density at radius 2 is 1.93 bits per heavy atom. The topological polar surface area (TPSA) is 71.7 Å². The SMILES string of the molecule is CCc1cccc2sc(=NC(=O)C3CCCN3S(=O)(=O)c3ccc(C)cc3)n(C)c12. The van der Waals surface area contributed by atoms with Crippen LogP contribution < -0.4 is 4.80 Å². The van der Waals surface area contributed by atoms with Crippen molar-refractivity contribution in [3.8, 4) is 0 Å². The molecule has 6 nitrogen and oxygen atoms in total. The van der Waals surface area contributed by atoms with Gasteiger partial charge in [-0.2, -0.15) is 9.30 Å². The Labute approximate surface area is 180 Å². The monoisotopic (exact) mass is 443 g/mol. The van der Waals surface area contributed by atoms with Crippen LogP contribution in [0.4, 0.5) is 0 Å². The van der Waals surface area contributed by atoms with Crippen molar-refractivity contribution in [1.82, 2.24) is 8.87 Å². The van der Waals surface area contributed by atoms with E-state index in [1.807, 2.05) is 30.7 Å². The highest BCUT2D eigenvalue weighted by Crippen LogP contribution is 2.27. The van der Waals surface area contributed by atoms with Gasteiger partial charge in [-0.25, -0.2) is 8.42 Å². The van der Waals surface area contributed by atoms with E-state index in [1.165, 1.54) is 21.2 Å². The van der Waals surface area contributed by atoms with E-state index in [9.17, 15) is 13.2 Å². The molecule has 1 aromatic heterocycles. The van der Waals surface area contributed by atoms with Gasteiger partial charge in [-0.1, -0.05) is 48.1 Å². The fraction of sp³-hybridized carbons (Fsp3) is 0.364. The number of hydrogen-bond acceptors (Lipinski definition) is 4. The van der Waals surface area contributed by atoms with E-state index in [0.29, 0.717) is 24.2 Å². The number of fused-ring (bicyclic) bond motifs is 1. The van der Waals surface area contributed by atoms with Gasteiger partial charge in [0, 0.05) is 13.6 Å². The summed E-state index contributed by atoms with van der Waals surface area (Å²) >= 11 is 1.45. The molecular weight excluding hydrogens is 418 g/mol. The number of nitrogens with zero attached hydrogens (tertiary/aromatic N) is 3. The van der Waals surface area contributed by atoms with Crippen LogP contribution in [0.15, 0.2) is 52.4 Å². The third-order valence-corrected chi connectivity index (χ3v) is 8.63. The van der Waals surface area contributed by atoms with Crippen molar-refractivity contribution >= 4 is 37.5 Å². The van der Waals surface area contributed by atoms with Gasteiger partial charge in [-0.05, 0) is 49.9 Å². The summed E-state index contributed by atoms with van der Waals surface area (Å²) in [4.78, 5) is 18.2. The maximum atomic E-state index is 13.1. The molecule has 2 aromatic carbocycles. The highest BCUT2D eigenvalue weighted by Gasteiger charge is 2.39. The Bertz CT molecular complexity index is 1270. The van der Waals surface area contributed by atoms with Crippen molar-refractivity contribution < 1.29 is 13.2 Å². The summed E-state index contributed by atoms with van der Waals surface area (Å²) in [5, 5.41) is 0. The number of para-hydroxylation sites is 1. The zero-order valence-electron chi connectivity index (χ0n) is 17.3. The minimum Gasteiger partial charge on any atom is -0.319 e. The van der Waals surface area contributed by atoms with Crippen LogP contribution in [-0.4, -0.2) is 35.8 Å². The van der Waals surface area contributed by atoms with Crippen LogP contribution in [-0.2, 0) is 28.3 Å². The lowest BCUT2D eigenvalue weighted by Gasteiger charge is -2.21. The van der Waals surface area contributed by atoms with Gasteiger partial charge in [0.15, 0.2) is 4.80 Å². The number of aryl methyl sites for hydroxylation is 3. The molecule has 1 unspecified atom stereocenters. The van der Waals surface area contributed by atoms with Gasteiger partial charge >= 0.3 is 0 Å². The second-order valence-electron chi connectivity index (χ2n) is 7.60. The largest absolute Gasteiger partial charge is 0.319 e. The van der Waals surface area contributed by atoms with E-state index >= 15 is 0 Å². The van der Waals surface area contributed by atoms with Crippen LogP contribution in [0, 0.1) is 6.92 Å². The van der Waals surface area contributed by atoms with Crippen molar-refractivity contribution in [2.75, 3.05) is 6.54 Å². The highest BCUT2D eigenvalue weighted by molar-refractivity contribution is 7.89. The minimum absolute atomic E-state index is 0.216. The Balaban J connectivity index is 1.70. The average molecular weight is 444 g/mol. The zero-order chi connectivity index (χ0) is 21.5. The summed E-state index contributed by atoms with van der Waals surface area (Å²) in [5.41, 5.74) is 3.26. The summed E-state index contributed by atoms with van der Waals surface area (Å²) in [6, 6.07) is 12.1. The number of thiazole rings is 1. The Morgan fingerprint density at radius 3 is 2.63 bits per heavy atom. The summed E-state index contributed by atoms with van der Waals surface area (Å²) in [6.07, 6.45) is 2.03. The van der Waals surface area contributed by atoms with Crippen LogP contribution >= 0.6 is 11.3 Å². The normalized spacial score (nSPS) is 18.4. The maximum absolute atomic E-state index is 13.1. The van der Waals surface area contributed by atoms with Crippen LogP contribution in [0.2, 0.25) is 0 Å². The number of sulfonamides is 1. The number of rotatable bonds is 4. The molecule has 3 aromatic rings. The molecule has 0 radical (unpaired) electrons. The van der Waals surface area contributed by atoms with Gasteiger partial charge in [0.05, 0.1) is 15.1 Å². The Kier molecular flexibility index (Phi) is 5.65. The Hall–Kier alpha value is -2.29. The molecule has 8 heteroatoms. The van der Waals surface area contributed by atoms with Crippen molar-refractivity contribution in [1.29, 1.82) is 0 Å². The first-order valence-corrected chi connectivity index (χ1v) is 12.3. The van der Waals surface area contributed by atoms with E-state index in [1.54, 1.807) is 24.3 Å². The molecule has 2 heterocycles. The summed E-state index contributed by atoms with van der Waals surface area (Å²) in [7, 11) is -1.84. The fourth-order valence-corrected chi connectivity index (χ4v) is 6.69. The van der Waals surface area contributed by atoms with E-state index in [0.717, 1.165) is 22.2 Å². The molecule has 0 spiro atoms. The molecule has 0 N–H and O–H groups in total. The molecule has 30 heavy (non-hydrogen) atoms. The molecular formula is C22H25N3O3S2. The molecule has 4 rings (SSSR count). The number of hydrogen-bond donors (Lipinski definition) is 0. The first kappa shape index (κ1) is 21.0. The lowest BCUT2D eigenvalue weighted by Crippen LogP contribution is -2.40. The summed E-state index contributed by atoms with van der Waals surface area (Å²) in [6.45, 7) is 4.34. The third kappa shape index (κ3) is 3.64. The van der Waals surface area contributed by atoms with Gasteiger partial charge in [0.2, 0.25) is 10.0 Å². The van der Waals surface area contributed by atoms with Gasteiger partial charge in [0.25, 0.3) is 5.91 Å². The van der Waals surface area contributed by atoms with Crippen molar-refractivity contribution in [3.05, 3.63) is 58.4 Å². The number of aromatic nitrogens is 1. The van der Waals surface area contributed by atoms with Crippen LogP contribution in [0.5, 0.6) is 0 Å². The Morgan fingerprint density at radius 1 is 1.20 bits per heavy atom. The molecule has 158 valence electrons. The van der Waals surface area contributed by atoms with Gasteiger partial charge < -0.3 is 4.57 Å². The predicted octanol–water partition coefficient (Wildman–Crippen LogP) is 3.39. The highest BCUT2D eigenvalue weighted by atomic mass is 32.2. The molecule has 0 aliphatic carbocycles. The van der Waals surface area contributed by atoms with Gasteiger partial charge in [0.1, 0.15) is 6.04 Å².